The number of oxazole rings is 1. The number of hydrogen-bond acceptors (Lipinski definition) is 5. The number of alkyl halides is 3. The first-order valence-corrected chi connectivity index (χ1v) is 11.0. The summed E-state index contributed by atoms with van der Waals surface area (Å²) >= 11 is 0. The van der Waals surface area contributed by atoms with E-state index in [1.807, 2.05) is 29.2 Å². The van der Waals surface area contributed by atoms with E-state index in [-0.39, 0.29) is 12.5 Å². The number of ether oxygens (including phenoxy) is 1. The predicted octanol–water partition coefficient (Wildman–Crippen LogP) is 5.69. The molecule has 1 fully saturated rings. The third-order valence-corrected chi connectivity index (χ3v) is 5.94. The van der Waals surface area contributed by atoms with E-state index >= 15 is 0 Å². The number of aromatic nitrogens is 1. The molecule has 1 aromatic heterocycles. The van der Waals surface area contributed by atoms with E-state index in [4.69, 9.17) is 9.15 Å². The maximum absolute atomic E-state index is 12.8. The minimum absolute atomic E-state index is 0.141. The van der Waals surface area contributed by atoms with Crippen molar-refractivity contribution in [3.05, 3.63) is 71.1 Å². The fourth-order valence-electron chi connectivity index (χ4n) is 4.02. The monoisotopic (exact) mass is 474 g/mol. The first kappa shape index (κ1) is 23.8. The second-order valence-electron chi connectivity index (χ2n) is 8.35. The van der Waals surface area contributed by atoms with Gasteiger partial charge in [-0.25, -0.2) is 4.98 Å². The van der Waals surface area contributed by atoms with Gasteiger partial charge in [0.15, 0.2) is 0 Å². The zero-order valence-corrected chi connectivity index (χ0v) is 18.6. The highest BCUT2D eigenvalue weighted by atomic mass is 19.4. The van der Waals surface area contributed by atoms with E-state index in [1.54, 1.807) is 6.92 Å². The second kappa shape index (κ2) is 9.89. The number of piperidine rings is 1. The van der Waals surface area contributed by atoms with Gasteiger partial charge in [0, 0.05) is 12.1 Å². The molecule has 2 heterocycles. The third kappa shape index (κ3) is 5.59. The normalized spacial score (nSPS) is 17.0. The van der Waals surface area contributed by atoms with Crippen LogP contribution >= 0.6 is 0 Å². The molecule has 180 valence electrons. The van der Waals surface area contributed by atoms with Gasteiger partial charge in [0.1, 0.15) is 29.9 Å². The van der Waals surface area contributed by atoms with Crippen molar-refractivity contribution in [3.8, 4) is 17.2 Å². The molecule has 0 aliphatic carbocycles. The number of aliphatic carboxylic acids is 1. The van der Waals surface area contributed by atoms with Crippen LogP contribution in [0.4, 0.5) is 13.2 Å². The van der Waals surface area contributed by atoms with E-state index in [9.17, 15) is 23.1 Å². The molecule has 6 nitrogen and oxygen atoms in total. The molecule has 1 saturated heterocycles. The number of halogens is 3. The van der Waals surface area contributed by atoms with Crippen LogP contribution in [-0.4, -0.2) is 33.5 Å². The van der Waals surface area contributed by atoms with Crippen LogP contribution in [0.2, 0.25) is 0 Å². The predicted molar refractivity (Wildman–Crippen MR) is 118 cm³/mol. The molecular weight excluding hydrogens is 449 g/mol. The third-order valence-electron chi connectivity index (χ3n) is 5.94. The molecule has 0 amide bonds. The van der Waals surface area contributed by atoms with Gasteiger partial charge in [0.05, 0.1) is 5.56 Å². The van der Waals surface area contributed by atoms with Crippen LogP contribution < -0.4 is 4.74 Å². The van der Waals surface area contributed by atoms with Crippen LogP contribution in [0.1, 0.15) is 41.8 Å². The highest BCUT2D eigenvalue weighted by Gasteiger charge is 2.30. The van der Waals surface area contributed by atoms with Crippen LogP contribution in [-0.2, 0) is 24.1 Å². The lowest BCUT2D eigenvalue weighted by Crippen LogP contribution is -2.43. The Balaban J connectivity index is 1.36. The summed E-state index contributed by atoms with van der Waals surface area (Å²) < 4.78 is 49.7. The highest BCUT2D eigenvalue weighted by Crippen LogP contribution is 2.31. The molecule has 0 unspecified atom stereocenters. The maximum Gasteiger partial charge on any atom is 0.416 e. The Kier molecular flexibility index (Phi) is 6.92. The number of aryl methyl sites for hydroxylation is 1. The molecule has 4 rings (SSSR count). The number of hydrogen-bond donors (Lipinski definition) is 1. The van der Waals surface area contributed by atoms with Crippen molar-refractivity contribution in [2.24, 2.45) is 0 Å². The Labute approximate surface area is 195 Å². The molecule has 0 spiro atoms. The van der Waals surface area contributed by atoms with E-state index in [0.29, 0.717) is 35.7 Å². The summed E-state index contributed by atoms with van der Waals surface area (Å²) in [6, 6.07) is 11.7. The highest BCUT2D eigenvalue weighted by molar-refractivity contribution is 5.73. The Bertz CT molecular complexity index is 1120. The SMILES string of the molecule is Cc1oc(-c2ccc(C(F)(F)F)cc2)nc1COc1ccc(CN2CCCC[C@@H]2C(=O)O)cc1. The minimum Gasteiger partial charge on any atom is -0.487 e. The Morgan fingerprint density at radius 2 is 1.85 bits per heavy atom. The van der Waals surface area contributed by atoms with Gasteiger partial charge in [-0.3, -0.25) is 9.69 Å². The molecule has 34 heavy (non-hydrogen) atoms. The summed E-state index contributed by atoms with van der Waals surface area (Å²) in [6.45, 7) is 3.19. The van der Waals surface area contributed by atoms with E-state index in [2.05, 4.69) is 4.98 Å². The fraction of sp³-hybridized carbons (Fsp3) is 0.360. The van der Waals surface area contributed by atoms with Crippen LogP contribution in [0.5, 0.6) is 5.75 Å². The number of carbonyl (C=O) groups is 1. The van der Waals surface area contributed by atoms with Gasteiger partial charge < -0.3 is 14.3 Å². The largest absolute Gasteiger partial charge is 0.487 e. The van der Waals surface area contributed by atoms with Crippen LogP contribution in [0.15, 0.2) is 52.9 Å². The summed E-state index contributed by atoms with van der Waals surface area (Å²) in [4.78, 5) is 17.8. The van der Waals surface area contributed by atoms with Crippen molar-refractivity contribution < 1.29 is 32.2 Å². The molecule has 0 bridgehead atoms. The lowest BCUT2D eigenvalue weighted by Gasteiger charge is -2.32. The van der Waals surface area contributed by atoms with Gasteiger partial charge in [-0.1, -0.05) is 18.6 Å². The van der Waals surface area contributed by atoms with E-state index in [0.717, 1.165) is 37.1 Å². The number of rotatable bonds is 7. The van der Waals surface area contributed by atoms with Gasteiger partial charge in [0.25, 0.3) is 0 Å². The molecule has 0 radical (unpaired) electrons. The fourth-order valence-corrected chi connectivity index (χ4v) is 4.02. The molecule has 0 saturated carbocycles. The van der Waals surface area contributed by atoms with Crippen LogP contribution in [0.3, 0.4) is 0 Å². The summed E-state index contributed by atoms with van der Waals surface area (Å²) in [6.07, 6.45) is -1.80. The van der Waals surface area contributed by atoms with Crippen LogP contribution in [0, 0.1) is 6.92 Å². The van der Waals surface area contributed by atoms with Crippen LogP contribution in [0.25, 0.3) is 11.5 Å². The molecular formula is C25H25F3N2O4. The first-order valence-electron chi connectivity index (χ1n) is 11.0. The maximum atomic E-state index is 12.8. The van der Waals surface area contributed by atoms with E-state index in [1.165, 1.54) is 12.1 Å². The average Bonchev–Trinajstić information content (AvgIpc) is 3.19. The lowest BCUT2D eigenvalue weighted by molar-refractivity contribution is -0.145. The topological polar surface area (TPSA) is 75.8 Å². The van der Waals surface area contributed by atoms with E-state index < -0.39 is 23.8 Å². The van der Waals surface area contributed by atoms with Crippen molar-refractivity contribution in [3.63, 3.8) is 0 Å². The smallest absolute Gasteiger partial charge is 0.416 e. The van der Waals surface area contributed by atoms with Gasteiger partial charge in [-0.15, -0.1) is 0 Å². The molecule has 1 atom stereocenters. The molecule has 3 aromatic rings. The average molecular weight is 474 g/mol. The van der Waals surface area contributed by atoms with Gasteiger partial charge in [-0.05, 0) is 68.3 Å². The second-order valence-corrected chi connectivity index (χ2v) is 8.35. The summed E-state index contributed by atoms with van der Waals surface area (Å²) in [5.41, 5.74) is 1.27. The molecule has 2 aromatic carbocycles. The Morgan fingerprint density at radius 3 is 2.50 bits per heavy atom. The summed E-state index contributed by atoms with van der Waals surface area (Å²) in [7, 11) is 0. The molecule has 1 aliphatic rings. The van der Waals surface area contributed by atoms with Gasteiger partial charge in [0.2, 0.25) is 5.89 Å². The zero-order valence-electron chi connectivity index (χ0n) is 18.6. The van der Waals surface area contributed by atoms with Crippen molar-refractivity contribution in [2.75, 3.05) is 6.54 Å². The zero-order chi connectivity index (χ0) is 24.3. The van der Waals surface area contributed by atoms with Crippen molar-refractivity contribution in [2.45, 2.75) is 51.6 Å². The summed E-state index contributed by atoms with van der Waals surface area (Å²) in [5.74, 6) is 0.597. The molecule has 1 N–H and O–H groups in total. The molecule has 1 aliphatic heterocycles. The Hall–Kier alpha value is -3.33. The number of nitrogens with zero attached hydrogens (tertiary/aromatic N) is 2. The van der Waals surface area contributed by atoms with Crippen molar-refractivity contribution >= 4 is 5.97 Å². The lowest BCUT2D eigenvalue weighted by atomic mass is 10.0. The van der Waals surface area contributed by atoms with Crippen molar-refractivity contribution in [1.82, 2.24) is 9.88 Å². The van der Waals surface area contributed by atoms with Gasteiger partial charge >= 0.3 is 12.1 Å². The standard InChI is InChI=1S/C25H25F3N2O4/c1-16-21(29-23(34-16)18-7-9-19(10-8-18)25(26,27)28)15-33-20-11-5-17(6-12-20)14-30-13-3-2-4-22(30)24(31)32/h5-12,22H,2-4,13-15H2,1H3,(H,31,32)/t22-/m1/s1. The number of carboxylic acids is 1. The molecule has 9 heteroatoms. The minimum atomic E-state index is -4.40. The Morgan fingerprint density at radius 1 is 1.15 bits per heavy atom. The van der Waals surface area contributed by atoms with Crippen molar-refractivity contribution in [1.29, 1.82) is 0 Å². The quantitative estimate of drug-likeness (QED) is 0.474. The summed E-state index contributed by atoms with van der Waals surface area (Å²) in [5, 5.41) is 9.43. The van der Waals surface area contributed by atoms with Gasteiger partial charge in [-0.2, -0.15) is 13.2 Å². The number of benzene rings is 2. The number of likely N-dealkylation sites (tertiary alicyclic amines) is 1. The first-order chi connectivity index (χ1) is 16.2. The number of carboxylic acid groups (broad SMARTS) is 1.